The van der Waals surface area contributed by atoms with E-state index < -0.39 is 11.6 Å². The van der Waals surface area contributed by atoms with Crippen molar-refractivity contribution in [2.75, 3.05) is 26.7 Å². The summed E-state index contributed by atoms with van der Waals surface area (Å²) in [6.45, 7) is 5.30. The van der Waals surface area contributed by atoms with E-state index in [1.807, 2.05) is 6.92 Å². The van der Waals surface area contributed by atoms with Crippen molar-refractivity contribution in [3.8, 4) is 0 Å². The molecule has 0 aromatic carbocycles. The molecular weight excluding hydrogens is 224 g/mol. The maximum atomic E-state index is 11.9. The summed E-state index contributed by atoms with van der Waals surface area (Å²) >= 11 is 0. The molecule has 6 heteroatoms. The number of carboxylic acid groups (broad SMARTS) is 1. The molecule has 0 atom stereocenters. The molecule has 2 amide bonds. The van der Waals surface area contributed by atoms with E-state index in [9.17, 15) is 14.7 Å². The normalized spacial score (nSPS) is 11.1. The largest absolute Gasteiger partial charge is 0.480 e. The molecule has 0 bridgehead atoms. The van der Waals surface area contributed by atoms with Gasteiger partial charge in [-0.2, -0.15) is 0 Å². The fourth-order valence-electron chi connectivity index (χ4n) is 1.56. The molecule has 0 aliphatic heterocycles. The minimum Gasteiger partial charge on any atom is -0.480 e. The molecule has 0 aromatic heterocycles. The summed E-state index contributed by atoms with van der Waals surface area (Å²) in [6, 6.07) is -0.378. The molecule has 0 aromatic rings. The summed E-state index contributed by atoms with van der Waals surface area (Å²) < 4.78 is 0. The van der Waals surface area contributed by atoms with E-state index in [4.69, 9.17) is 5.11 Å². The van der Waals surface area contributed by atoms with Crippen molar-refractivity contribution in [2.24, 2.45) is 0 Å². The number of carbonyl (C=O) groups is 2. The molecule has 0 spiro atoms. The number of carboxylic acids is 1. The number of likely N-dealkylation sites (N-methyl/N-ethyl adjacent to an activating group) is 1. The molecule has 0 saturated carbocycles. The minimum atomic E-state index is -1.04. The number of carbonyl (C=O) groups excluding carboxylic acids is 1. The summed E-state index contributed by atoms with van der Waals surface area (Å²) in [6.07, 6.45) is 0.690. The minimum absolute atomic E-state index is 0.158. The van der Waals surface area contributed by atoms with Gasteiger partial charge in [-0.3, -0.25) is 4.79 Å². The third-order valence-electron chi connectivity index (χ3n) is 2.04. The van der Waals surface area contributed by atoms with Crippen LogP contribution >= 0.6 is 0 Å². The maximum Gasteiger partial charge on any atom is 0.323 e. The highest BCUT2D eigenvalue weighted by atomic mass is 16.4. The van der Waals surface area contributed by atoms with Crippen LogP contribution in [0.1, 0.15) is 27.2 Å². The second kappa shape index (κ2) is 6.44. The number of hydrogen-bond acceptors (Lipinski definition) is 3. The highest BCUT2D eigenvalue weighted by molar-refractivity contribution is 5.80. The van der Waals surface area contributed by atoms with E-state index in [0.717, 1.165) is 0 Å². The van der Waals surface area contributed by atoms with Gasteiger partial charge in [-0.15, -0.1) is 0 Å². The lowest BCUT2D eigenvalue weighted by Gasteiger charge is -2.30. The van der Waals surface area contributed by atoms with Crippen LogP contribution in [-0.4, -0.2) is 64.3 Å². The van der Waals surface area contributed by atoms with Gasteiger partial charge in [-0.1, -0.05) is 6.92 Å². The number of aliphatic hydroxyl groups is 1. The third-order valence-corrected chi connectivity index (χ3v) is 2.04. The Hall–Kier alpha value is -1.30. The first-order valence-corrected chi connectivity index (χ1v) is 5.61. The molecule has 0 radical (unpaired) electrons. The van der Waals surface area contributed by atoms with Gasteiger partial charge in [0.2, 0.25) is 0 Å². The standard InChI is InChI=1S/C11H22N2O4/c1-5-6-13(7-9(14)15)10(16)12(4)8-11(2,3)17/h17H,5-8H2,1-4H3,(H,14,15). The molecule has 100 valence electrons. The monoisotopic (exact) mass is 246 g/mol. The van der Waals surface area contributed by atoms with Crippen molar-refractivity contribution in [3.63, 3.8) is 0 Å². The van der Waals surface area contributed by atoms with E-state index in [1.54, 1.807) is 20.9 Å². The molecule has 0 aliphatic rings. The van der Waals surface area contributed by atoms with Crippen molar-refractivity contribution < 1.29 is 19.8 Å². The Labute approximate surface area is 102 Å². The van der Waals surface area contributed by atoms with E-state index in [-0.39, 0.29) is 19.1 Å². The molecule has 2 N–H and O–H groups in total. The smallest absolute Gasteiger partial charge is 0.323 e. The van der Waals surface area contributed by atoms with Crippen molar-refractivity contribution >= 4 is 12.0 Å². The average molecular weight is 246 g/mol. The number of hydrogen-bond donors (Lipinski definition) is 2. The average Bonchev–Trinajstić information content (AvgIpc) is 2.12. The Balaban J connectivity index is 4.54. The third kappa shape index (κ3) is 6.78. The van der Waals surface area contributed by atoms with Crippen LogP contribution in [0.25, 0.3) is 0 Å². The summed E-state index contributed by atoms with van der Waals surface area (Å²) in [4.78, 5) is 25.1. The molecule has 6 nitrogen and oxygen atoms in total. The predicted molar refractivity (Wildman–Crippen MR) is 63.8 cm³/mol. The lowest BCUT2D eigenvalue weighted by molar-refractivity contribution is -0.137. The van der Waals surface area contributed by atoms with Gasteiger partial charge in [-0.25, -0.2) is 4.79 Å². The Morgan fingerprint density at radius 3 is 2.18 bits per heavy atom. The molecule has 0 aliphatic carbocycles. The van der Waals surface area contributed by atoms with Gasteiger partial charge < -0.3 is 20.0 Å². The van der Waals surface area contributed by atoms with Gasteiger partial charge in [0, 0.05) is 13.6 Å². The Morgan fingerprint density at radius 2 is 1.82 bits per heavy atom. The Kier molecular flexibility index (Phi) is 5.95. The van der Waals surface area contributed by atoms with Crippen LogP contribution in [0.5, 0.6) is 0 Å². The summed E-state index contributed by atoms with van der Waals surface area (Å²) in [7, 11) is 1.55. The van der Waals surface area contributed by atoms with Crippen molar-refractivity contribution in [1.82, 2.24) is 9.80 Å². The molecule has 0 saturated heterocycles. The Morgan fingerprint density at radius 1 is 1.29 bits per heavy atom. The quantitative estimate of drug-likeness (QED) is 0.719. The molecule has 17 heavy (non-hydrogen) atoms. The number of amides is 2. The van der Waals surface area contributed by atoms with Gasteiger partial charge in [-0.05, 0) is 20.3 Å². The van der Waals surface area contributed by atoms with E-state index in [0.29, 0.717) is 13.0 Å². The Bertz CT molecular complexity index is 273. The number of rotatable bonds is 6. The van der Waals surface area contributed by atoms with Crippen molar-refractivity contribution in [2.45, 2.75) is 32.8 Å². The first-order chi connectivity index (χ1) is 7.67. The van der Waals surface area contributed by atoms with Crippen LogP contribution in [0.3, 0.4) is 0 Å². The number of urea groups is 1. The molecule has 0 fully saturated rings. The fourth-order valence-corrected chi connectivity index (χ4v) is 1.56. The van der Waals surface area contributed by atoms with Crippen LogP contribution in [0.15, 0.2) is 0 Å². The second-order valence-corrected chi connectivity index (χ2v) is 4.77. The SMILES string of the molecule is CCCN(CC(=O)O)C(=O)N(C)CC(C)(C)O. The number of aliphatic carboxylic acids is 1. The van der Waals surface area contributed by atoms with Crippen LogP contribution in [0.4, 0.5) is 4.79 Å². The highest BCUT2D eigenvalue weighted by Gasteiger charge is 2.24. The van der Waals surface area contributed by atoms with Gasteiger partial charge in [0.25, 0.3) is 0 Å². The zero-order valence-corrected chi connectivity index (χ0v) is 10.9. The summed E-state index contributed by atoms with van der Waals surface area (Å²) in [5.74, 6) is -1.04. The zero-order chi connectivity index (χ0) is 13.6. The van der Waals surface area contributed by atoms with E-state index in [2.05, 4.69) is 0 Å². The van der Waals surface area contributed by atoms with Gasteiger partial charge >= 0.3 is 12.0 Å². The van der Waals surface area contributed by atoms with Crippen molar-refractivity contribution in [3.05, 3.63) is 0 Å². The van der Waals surface area contributed by atoms with Crippen molar-refractivity contribution in [1.29, 1.82) is 0 Å². The molecule has 0 unspecified atom stereocenters. The lowest BCUT2D eigenvalue weighted by Crippen LogP contribution is -2.48. The second-order valence-electron chi connectivity index (χ2n) is 4.77. The molecular formula is C11H22N2O4. The van der Waals surface area contributed by atoms with E-state index >= 15 is 0 Å². The highest BCUT2D eigenvalue weighted by Crippen LogP contribution is 2.06. The fraction of sp³-hybridized carbons (Fsp3) is 0.818. The molecule has 0 heterocycles. The summed E-state index contributed by atoms with van der Waals surface area (Å²) in [5.41, 5.74) is -0.995. The number of nitrogens with zero attached hydrogens (tertiary/aromatic N) is 2. The van der Waals surface area contributed by atoms with Gasteiger partial charge in [0.1, 0.15) is 6.54 Å². The van der Waals surface area contributed by atoms with Crippen LogP contribution in [-0.2, 0) is 4.79 Å². The van der Waals surface area contributed by atoms with Crippen LogP contribution in [0.2, 0.25) is 0 Å². The van der Waals surface area contributed by atoms with Crippen LogP contribution < -0.4 is 0 Å². The zero-order valence-electron chi connectivity index (χ0n) is 10.9. The first kappa shape index (κ1) is 15.7. The van der Waals surface area contributed by atoms with Gasteiger partial charge in [0.15, 0.2) is 0 Å². The first-order valence-electron chi connectivity index (χ1n) is 5.61. The molecule has 0 rings (SSSR count). The summed E-state index contributed by atoms with van der Waals surface area (Å²) in [5, 5.41) is 18.3. The van der Waals surface area contributed by atoms with E-state index in [1.165, 1.54) is 9.80 Å². The predicted octanol–water partition coefficient (Wildman–Crippen LogP) is 0.606. The lowest BCUT2D eigenvalue weighted by atomic mass is 10.1. The maximum absolute atomic E-state index is 11.9. The van der Waals surface area contributed by atoms with Crippen LogP contribution in [0, 0.1) is 0 Å². The topological polar surface area (TPSA) is 81.1 Å². The van der Waals surface area contributed by atoms with Gasteiger partial charge in [0.05, 0.1) is 12.1 Å².